The fourth-order valence-electron chi connectivity index (χ4n) is 5.30. The fourth-order valence-corrected chi connectivity index (χ4v) is 6.15. The Morgan fingerprint density at radius 1 is 1.09 bits per heavy atom. The molecule has 0 amide bonds. The zero-order valence-electron chi connectivity index (χ0n) is 23.9. The third-order valence-corrected chi connectivity index (χ3v) is 9.05. The van der Waals surface area contributed by atoms with E-state index in [0.29, 0.717) is 12.7 Å². The summed E-state index contributed by atoms with van der Waals surface area (Å²) in [5.74, 6) is -0.580. The zero-order chi connectivity index (χ0) is 31.1. The van der Waals surface area contributed by atoms with Crippen molar-refractivity contribution in [3.05, 3.63) is 53.4 Å². The zero-order valence-corrected chi connectivity index (χ0v) is 24.8. The first-order valence-electron chi connectivity index (χ1n) is 13.7. The van der Waals surface area contributed by atoms with Crippen molar-refractivity contribution in [2.75, 3.05) is 57.9 Å². The molecule has 2 atom stereocenters. The van der Waals surface area contributed by atoms with Crippen LogP contribution in [0.25, 0.3) is 17.1 Å². The molecule has 0 spiro atoms. The smallest absolute Gasteiger partial charge is 0.348 e. The van der Waals surface area contributed by atoms with Crippen LogP contribution >= 0.6 is 0 Å². The highest BCUT2D eigenvalue weighted by atomic mass is 32.2. The molecular weight excluding hydrogens is 595 g/mol. The van der Waals surface area contributed by atoms with Crippen molar-refractivity contribution in [1.82, 2.24) is 33.6 Å². The Bertz CT molecular complexity index is 1570. The molecule has 2 fully saturated rings. The Kier molecular flexibility index (Phi) is 8.75. The summed E-state index contributed by atoms with van der Waals surface area (Å²) in [6.45, 7) is 5.35. The maximum absolute atomic E-state index is 15.3. The van der Waals surface area contributed by atoms with Crippen molar-refractivity contribution < 1.29 is 30.4 Å². The highest BCUT2D eigenvalue weighted by Crippen LogP contribution is 2.36. The number of likely N-dealkylation sites (N-methyl/N-ethyl adjacent to an activating group) is 1. The minimum Gasteiger partial charge on any atom is -0.348 e. The van der Waals surface area contributed by atoms with Crippen molar-refractivity contribution in [3.63, 3.8) is 0 Å². The molecule has 0 unspecified atom stereocenters. The van der Waals surface area contributed by atoms with Crippen LogP contribution in [-0.4, -0.2) is 107 Å². The van der Waals surface area contributed by atoms with Gasteiger partial charge in [-0.25, -0.2) is 32.2 Å². The Balaban J connectivity index is 1.40. The molecule has 1 aromatic carbocycles. The molecule has 0 aliphatic carbocycles. The van der Waals surface area contributed by atoms with Crippen LogP contribution in [0.5, 0.6) is 0 Å². The van der Waals surface area contributed by atoms with E-state index in [4.69, 9.17) is 0 Å². The van der Waals surface area contributed by atoms with E-state index >= 15 is 4.39 Å². The van der Waals surface area contributed by atoms with E-state index in [1.807, 2.05) is 0 Å². The Morgan fingerprint density at radius 3 is 2.44 bits per heavy atom. The summed E-state index contributed by atoms with van der Waals surface area (Å²) in [4.78, 5) is 16.5. The van der Waals surface area contributed by atoms with Gasteiger partial charge in [0.1, 0.15) is 34.8 Å². The van der Waals surface area contributed by atoms with E-state index in [-0.39, 0.29) is 36.1 Å². The molecule has 0 radical (unpaired) electrons. The maximum Gasteiger partial charge on any atom is 0.420 e. The molecular formula is C27H33F5N8O2S. The molecule has 16 heteroatoms. The number of hydrogen-bond donors (Lipinski definition) is 1. The minimum atomic E-state index is -4.83. The minimum absolute atomic E-state index is 0.0355. The van der Waals surface area contributed by atoms with E-state index in [2.05, 4.69) is 37.1 Å². The van der Waals surface area contributed by atoms with Crippen LogP contribution in [0.1, 0.15) is 23.4 Å². The number of imidazole rings is 1. The maximum atomic E-state index is 15.3. The van der Waals surface area contributed by atoms with Gasteiger partial charge in [-0.3, -0.25) is 4.90 Å². The summed E-state index contributed by atoms with van der Waals surface area (Å²) in [7, 11) is -1.54. The average Bonchev–Trinajstić information content (AvgIpc) is 3.31. The van der Waals surface area contributed by atoms with Crippen LogP contribution in [0, 0.1) is 12.7 Å². The first-order chi connectivity index (χ1) is 20.2. The van der Waals surface area contributed by atoms with Crippen LogP contribution in [0.4, 0.5) is 27.9 Å². The van der Waals surface area contributed by atoms with Crippen molar-refractivity contribution in [3.8, 4) is 17.1 Å². The summed E-state index contributed by atoms with van der Waals surface area (Å²) >= 11 is 0. The number of aromatic nitrogens is 4. The van der Waals surface area contributed by atoms with E-state index in [0.717, 1.165) is 42.3 Å². The average molecular weight is 629 g/mol. The van der Waals surface area contributed by atoms with E-state index in [1.54, 1.807) is 12.1 Å². The van der Waals surface area contributed by atoms with Gasteiger partial charge >= 0.3 is 6.18 Å². The molecule has 10 nitrogen and oxygen atoms in total. The first kappa shape index (κ1) is 31.2. The van der Waals surface area contributed by atoms with Crippen LogP contribution in [-0.2, 0) is 22.7 Å². The highest BCUT2D eigenvalue weighted by Gasteiger charge is 2.38. The Hall–Kier alpha value is -3.21. The number of nitrogens with zero attached hydrogens (tertiary/aromatic N) is 7. The number of nitrogens with one attached hydrogen (secondary N) is 1. The summed E-state index contributed by atoms with van der Waals surface area (Å²) in [6, 6.07) is 3.86. The van der Waals surface area contributed by atoms with Crippen LogP contribution in [0.15, 0.2) is 30.6 Å². The third-order valence-electron chi connectivity index (χ3n) is 7.78. The van der Waals surface area contributed by atoms with E-state index in [9.17, 15) is 26.0 Å². The summed E-state index contributed by atoms with van der Waals surface area (Å²) in [6.07, 6.45) is -3.56. The second-order valence-corrected chi connectivity index (χ2v) is 13.0. The molecule has 43 heavy (non-hydrogen) atoms. The lowest BCUT2D eigenvalue weighted by Gasteiger charge is -2.33. The predicted molar refractivity (Wildman–Crippen MR) is 150 cm³/mol. The number of sulfonamides is 1. The molecule has 234 valence electrons. The van der Waals surface area contributed by atoms with Gasteiger partial charge in [-0.2, -0.15) is 17.5 Å². The number of piperazine rings is 1. The van der Waals surface area contributed by atoms with Crippen molar-refractivity contribution >= 4 is 16.0 Å². The van der Waals surface area contributed by atoms with Crippen LogP contribution in [0.3, 0.4) is 0 Å². The van der Waals surface area contributed by atoms with Gasteiger partial charge in [0.15, 0.2) is 0 Å². The first-order valence-corrected chi connectivity index (χ1v) is 15.6. The number of alkyl halides is 4. The van der Waals surface area contributed by atoms with E-state index in [1.165, 1.54) is 23.8 Å². The van der Waals surface area contributed by atoms with Gasteiger partial charge in [-0.1, -0.05) is 6.07 Å². The number of aryl methyl sites for hydroxylation is 1. The molecule has 2 aromatic heterocycles. The summed E-state index contributed by atoms with van der Waals surface area (Å²) in [5, 5.41) is 2.71. The highest BCUT2D eigenvalue weighted by molar-refractivity contribution is 7.88. The summed E-state index contributed by atoms with van der Waals surface area (Å²) < 4.78 is 97.9. The second kappa shape index (κ2) is 12.1. The predicted octanol–water partition coefficient (Wildman–Crippen LogP) is 3.33. The summed E-state index contributed by atoms with van der Waals surface area (Å²) in [5.41, 5.74) is -0.974. The topological polar surface area (TPSA) is 99.5 Å². The quantitative estimate of drug-likeness (QED) is 0.398. The standard InChI is InChI=1S/C27H33F5N8O2S/c1-17-34-23(16-40(17)24-5-4-18(12-20(24)28)14-38-10-8-37(2)9-11-38)25-19(27(30,31)32)13-33-26(36-25)35-22-6-7-39(15-21(22)29)43(3,41)42/h4-5,12-13,16,21-22H,6-11,14-15H2,1-3H3,(H,33,35,36)/t21-,22+/m1/s1. The Labute approximate surface area is 246 Å². The lowest BCUT2D eigenvalue weighted by Crippen LogP contribution is -2.49. The van der Waals surface area contributed by atoms with Crippen LogP contribution < -0.4 is 5.32 Å². The van der Waals surface area contributed by atoms with Gasteiger partial charge in [0.2, 0.25) is 16.0 Å². The molecule has 2 saturated heterocycles. The fraction of sp³-hybridized carbons (Fsp3) is 0.519. The molecule has 0 saturated carbocycles. The number of hydrogen-bond acceptors (Lipinski definition) is 8. The molecule has 5 rings (SSSR count). The Morgan fingerprint density at radius 2 is 1.81 bits per heavy atom. The number of anilines is 1. The van der Waals surface area contributed by atoms with Gasteiger partial charge in [0.05, 0.1) is 18.0 Å². The molecule has 4 heterocycles. The van der Waals surface area contributed by atoms with Gasteiger partial charge < -0.3 is 14.8 Å². The van der Waals surface area contributed by atoms with E-state index < -0.39 is 52.0 Å². The second-order valence-electron chi connectivity index (χ2n) is 11.0. The SMILES string of the molecule is Cc1nc(-c2nc(N[C@H]3CCN(S(C)(=O)=O)C[C@H]3F)ncc2C(F)(F)F)cn1-c1ccc(CN2CCN(C)CC2)cc1F. The molecule has 2 aliphatic rings. The van der Waals surface area contributed by atoms with Crippen LogP contribution in [0.2, 0.25) is 0 Å². The van der Waals surface area contributed by atoms with Crippen molar-refractivity contribution in [2.45, 2.75) is 38.3 Å². The van der Waals surface area contributed by atoms with Crippen molar-refractivity contribution in [2.24, 2.45) is 0 Å². The monoisotopic (exact) mass is 628 g/mol. The molecule has 0 bridgehead atoms. The molecule has 3 aromatic rings. The van der Waals surface area contributed by atoms with Crippen molar-refractivity contribution in [1.29, 1.82) is 0 Å². The normalized spacial score (nSPS) is 21.3. The van der Waals surface area contributed by atoms with Gasteiger partial charge in [-0.15, -0.1) is 0 Å². The largest absolute Gasteiger partial charge is 0.420 e. The van der Waals surface area contributed by atoms with Gasteiger partial charge in [0, 0.05) is 58.2 Å². The number of benzene rings is 1. The molecule has 2 aliphatic heterocycles. The lowest BCUT2D eigenvalue weighted by atomic mass is 10.1. The number of halogens is 5. The van der Waals surface area contributed by atoms with Gasteiger partial charge in [0.25, 0.3) is 0 Å². The number of rotatable bonds is 7. The number of piperidine rings is 1. The van der Waals surface area contributed by atoms with Gasteiger partial charge in [-0.05, 0) is 38.1 Å². The lowest BCUT2D eigenvalue weighted by molar-refractivity contribution is -0.137. The molecule has 1 N–H and O–H groups in total. The third kappa shape index (κ3) is 7.13.